The van der Waals surface area contributed by atoms with Gasteiger partial charge in [-0.1, -0.05) is 16.8 Å². The monoisotopic (exact) mass is 315 g/mol. The average molecular weight is 316 g/mol. The van der Waals surface area contributed by atoms with Crippen LogP contribution < -0.4 is 5.32 Å². The standard InChI is InChI=1S/C12H14ClN3O3S/c1-7(12-15-10(16-19-12)5-6-18-2)14-11(17)8-3-4-9(13)20-8/h3-4,7H,5-6H2,1-2H3,(H,14,17). The van der Waals surface area contributed by atoms with Crippen molar-refractivity contribution in [3.8, 4) is 0 Å². The molecule has 20 heavy (non-hydrogen) atoms. The Morgan fingerprint density at radius 3 is 3.05 bits per heavy atom. The Morgan fingerprint density at radius 1 is 1.60 bits per heavy atom. The van der Waals surface area contributed by atoms with Gasteiger partial charge in [-0.25, -0.2) is 0 Å². The van der Waals surface area contributed by atoms with Gasteiger partial charge in [0.1, 0.15) is 6.04 Å². The molecule has 0 aliphatic carbocycles. The van der Waals surface area contributed by atoms with Crippen LogP contribution in [0.2, 0.25) is 4.34 Å². The number of rotatable bonds is 6. The van der Waals surface area contributed by atoms with Gasteiger partial charge in [0, 0.05) is 13.5 Å². The third-order valence-electron chi connectivity index (χ3n) is 2.53. The molecule has 2 rings (SSSR count). The van der Waals surface area contributed by atoms with E-state index in [1.807, 2.05) is 0 Å². The van der Waals surface area contributed by atoms with Crippen molar-refractivity contribution in [2.75, 3.05) is 13.7 Å². The molecule has 0 saturated carbocycles. The fraction of sp³-hybridized carbons (Fsp3) is 0.417. The van der Waals surface area contributed by atoms with Gasteiger partial charge < -0.3 is 14.6 Å². The van der Waals surface area contributed by atoms with E-state index in [1.165, 1.54) is 11.3 Å². The van der Waals surface area contributed by atoms with E-state index in [1.54, 1.807) is 26.2 Å². The van der Waals surface area contributed by atoms with E-state index < -0.39 is 0 Å². The van der Waals surface area contributed by atoms with E-state index in [0.717, 1.165) is 0 Å². The number of aromatic nitrogens is 2. The summed E-state index contributed by atoms with van der Waals surface area (Å²) in [4.78, 5) is 16.7. The van der Waals surface area contributed by atoms with Crippen molar-refractivity contribution in [2.24, 2.45) is 0 Å². The van der Waals surface area contributed by atoms with Gasteiger partial charge in [-0.15, -0.1) is 11.3 Å². The summed E-state index contributed by atoms with van der Waals surface area (Å²) in [7, 11) is 1.61. The van der Waals surface area contributed by atoms with Crippen LogP contribution >= 0.6 is 22.9 Å². The first-order chi connectivity index (χ1) is 9.60. The predicted octanol–water partition coefficient (Wildman–Crippen LogP) is 2.46. The second kappa shape index (κ2) is 6.83. The van der Waals surface area contributed by atoms with E-state index >= 15 is 0 Å². The molecular weight excluding hydrogens is 302 g/mol. The summed E-state index contributed by atoms with van der Waals surface area (Å²) in [6.45, 7) is 2.30. The second-order valence-corrected chi connectivity index (χ2v) is 5.81. The summed E-state index contributed by atoms with van der Waals surface area (Å²) in [6, 6.07) is 2.99. The molecule has 0 radical (unpaired) electrons. The lowest BCUT2D eigenvalue weighted by Gasteiger charge is -2.07. The second-order valence-electron chi connectivity index (χ2n) is 4.09. The lowest BCUT2D eigenvalue weighted by atomic mass is 10.3. The number of thiophene rings is 1. The zero-order chi connectivity index (χ0) is 14.5. The summed E-state index contributed by atoms with van der Waals surface area (Å²) in [5.74, 6) is 0.709. The maximum Gasteiger partial charge on any atom is 0.262 e. The van der Waals surface area contributed by atoms with E-state index in [4.69, 9.17) is 20.9 Å². The largest absolute Gasteiger partial charge is 0.384 e. The summed E-state index contributed by atoms with van der Waals surface area (Å²) >= 11 is 7.02. The number of halogens is 1. The maximum atomic E-state index is 12.0. The zero-order valence-corrected chi connectivity index (χ0v) is 12.6. The van der Waals surface area contributed by atoms with Crippen LogP contribution in [0.15, 0.2) is 16.7 Å². The number of carbonyl (C=O) groups is 1. The van der Waals surface area contributed by atoms with E-state index in [2.05, 4.69) is 15.5 Å². The molecule has 0 aliphatic rings. The Bertz CT molecular complexity index is 584. The highest BCUT2D eigenvalue weighted by atomic mass is 35.5. The highest BCUT2D eigenvalue weighted by Crippen LogP contribution is 2.22. The fourth-order valence-corrected chi connectivity index (χ4v) is 2.45. The quantitative estimate of drug-likeness (QED) is 0.886. The molecule has 6 nitrogen and oxygen atoms in total. The van der Waals surface area contributed by atoms with Crippen LogP contribution in [0.5, 0.6) is 0 Å². The molecule has 108 valence electrons. The number of ether oxygens (including phenoxy) is 1. The maximum absolute atomic E-state index is 12.0. The summed E-state index contributed by atoms with van der Waals surface area (Å²) in [5.41, 5.74) is 0. The lowest BCUT2D eigenvalue weighted by Crippen LogP contribution is -2.26. The van der Waals surface area contributed by atoms with Crippen molar-refractivity contribution in [3.05, 3.63) is 33.1 Å². The van der Waals surface area contributed by atoms with Crippen LogP contribution in [0.25, 0.3) is 0 Å². The number of methoxy groups -OCH3 is 1. The summed E-state index contributed by atoms with van der Waals surface area (Å²) in [5, 5.41) is 6.60. The van der Waals surface area contributed by atoms with Gasteiger partial charge in [-0.2, -0.15) is 4.98 Å². The molecule has 1 N–H and O–H groups in total. The first-order valence-corrected chi connectivity index (χ1v) is 7.17. The van der Waals surface area contributed by atoms with Crippen LogP contribution in [0, 0.1) is 0 Å². The minimum atomic E-state index is -0.368. The Balaban J connectivity index is 1.95. The number of nitrogens with one attached hydrogen (secondary N) is 1. The van der Waals surface area contributed by atoms with Gasteiger partial charge in [0.05, 0.1) is 15.8 Å². The van der Waals surface area contributed by atoms with E-state index in [9.17, 15) is 4.79 Å². The molecule has 0 aliphatic heterocycles. The minimum absolute atomic E-state index is 0.217. The molecule has 2 aromatic heterocycles. The van der Waals surface area contributed by atoms with Crippen LogP contribution in [0.1, 0.15) is 34.4 Å². The number of amides is 1. The molecule has 0 bridgehead atoms. The topological polar surface area (TPSA) is 77.3 Å². The van der Waals surface area contributed by atoms with Crippen molar-refractivity contribution in [1.29, 1.82) is 0 Å². The van der Waals surface area contributed by atoms with Gasteiger partial charge in [0.25, 0.3) is 5.91 Å². The minimum Gasteiger partial charge on any atom is -0.384 e. The molecule has 0 saturated heterocycles. The Labute approximate surface area is 125 Å². The third-order valence-corrected chi connectivity index (χ3v) is 3.76. The number of carbonyl (C=O) groups excluding carboxylic acids is 1. The van der Waals surface area contributed by atoms with Crippen LogP contribution in [-0.4, -0.2) is 29.8 Å². The SMILES string of the molecule is COCCc1noc(C(C)NC(=O)c2ccc(Cl)s2)n1. The molecule has 2 aromatic rings. The molecule has 0 spiro atoms. The molecule has 1 amide bonds. The van der Waals surface area contributed by atoms with Crippen molar-refractivity contribution in [2.45, 2.75) is 19.4 Å². The van der Waals surface area contributed by atoms with Crippen molar-refractivity contribution < 1.29 is 14.1 Å². The molecule has 2 heterocycles. The van der Waals surface area contributed by atoms with Crippen LogP contribution in [0.3, 0.4) is 0 Å². The Kier molecular flexibility index (Phi) is 5.11. The number of hydrogen-bond acceptors (Lipinski definition) is 6. The van der Waals surface area contributed by atoms with Gasteiger partial charge in [0.2, 0.25) is 5.89 Å². The van der Waals surface area contributed by atoms with E-state index in [-0.39, 0.29) is 11.9 Å². The lowest BCUT2D eigenvalue weighted by molar-refractivity contribution is 0.0936. The summed E-state index contributed by atoms with van der Waals surface area (Å²) in [6.07, 6.45) is 0.571. The first-order valence-electron chi connectivity index (χ1n) is 5.97. The third kappa shape index (κ3) is 3.78. The molecule has 8 heteroatoms. The summed E-state index contributed by atoms with van der Waals surface area (Å²) < 4.78 is 10.6. The first kappa shape index (κ1) is 15.0. The highest BCUT2D eigenvalue weighted by molar-refractivity contribution is 7.17. The van der Waals surface area contributed by atoms with Gasteiger partial charge in [-0.05, 0) is 19.1 Å². The number of hydrogen-bond donors (Lipinski definition) is 1. The van der Waals surface area contributed by atoms with Crippen molar-refractivity contribution in [3.63, 3.8) is 0 Å². The van der Waals surface area contributed by atoms with Crippen LogP contribution in [-0.2, 0) is 11.2 Å². The fourth-order valence-electron chi connectivity index (χ4n) is 1.50. The average Bonchev–Trinajstić information content (AvgIpc) is 3.05. The molecule has 0 aromatic carbocycles. The van der Waals surface area contributed by atoms with Gasteiger partial charge in [0.15, 0.2) is 5.82 Å². The van der Waals surface area contributed by atoms with E-state index in [0.29, 0.717) is 34.0 Å². The highest BCUT2D eigenvalue weighted by Gasteiger charge is 2.18. The Hall–Kier alpha value is -1.44. The molecule has 1 unspecified atom stereocenters. The smallest absolute Gasteiger partial charge is 0.262 e. The Morgan fingerprint density at radius 2 is 2.40 bits per heavy atom. The predicted molar refractivity (Wildman–Crippen MR) is 75.1 cm³/mol. The number of nitrogens with zero attached hydrogens (tertiary/aromatic N) is 2. The normalized spacial score (nSPS) is 12.3. The molecule has 1 atom stereocenters. The van der Waals surface area contributed by atoms with Gasteiger partial charge in [-0.3, -0.25) is 4.79 Å². The zero-order valence-electron chi connectivity index (χ0n) is 11.1. The van der Waals surface area contributed by atoms with Crippen molar-refractivity contribution in [1.82, 2.24) is 15.5 Å². The molecular formula is C12H14ClN3O3S. The van der Waals surface area contributed by atoms with Crippen molar-refractivity contribution >= 4 is 28.8 Å². The van der Waals surface area contributed by atoms with Gasteiger partial charge >= 0.3 is 0 Å². The molecule has 0 fully saturated rings. The van der Waals surface area contributed by atoms with Crippen LogP contribution in [0.4, 0.5) is 0 Å².